The number of carbonyl (C=O) groups is 1. The van der Waals surface area contributed by atoms with Crippen molar-refractivity contribution in [2.75, 3.05) is 0 Å². The van der Waals surface area contributed by atoms with Crippen LogP contribution in [0.4, 0.5) is 13.2 Å². The van der Waals surface area contributed by atoms with Crippen molar-refractivity contribution >= 4 is 24.7 Å². The molecule has 8 heteroatoms. The quantitative estimate of drug-likeness (QED) is 0.788. The molecule has 3 rings (SSSR count). The molecule has 1 unspecified atom stereocenters. The van der Waals surface area contributed by atoms with Gasteiger partial charge in [0.2, 0.25) is 6.10 Å². The van der Waals surface area contributed by atoms with Gasteiger partial charge in [0.15, 0.2) is 0 Å². The molecule has 0 radical (unpaired) electrons. The van der Waals surface area contributed by atoms with Crippen molar-refractivity contribution in [2.24, 2.45) is 0 Å². The first-order valence-electron chi connectivity index (χ1n) is 7.61. The maximum absolute atomic E-state index is 13.3. The molecule has 2 heterocycles. The molecule has 2 aromatic rings. The fraction of sp³-hybridized carbons (Fsp3) is 0.222. The van der Waals surface area contributed by atoms with Gasteiger partial charge >= 0.3 is 12.1 Å². The lowest BCUT2D eigenvalue weighted by atomic mass is 9.96. The molecule has 1 aliphatic heterocycles. The number of alkyl halides is 3. The number of carboxylic acid groups (broad SMARTS) is 1. The Balaban J connectivity index is 2.12. The highest BCUT2D eigenvalue weighted by atomic mass is 32.1. The number of fused-ring (bicyclic) bond motifs is 1. The number of carboxylic acids is 1. The summed E-state index contributed by atoms with van der Waals surface area (Å²) in [6.45, 7) is 1.85. The number of nitrogens with zero attached hydrogens (tertiary/aromatic N) is 1. The van der Waals surface area contributed by atoms with Crippen molar-refractivity contribution in [1.29, 1.82) is 0 Å². The molecule has 0 saturated heterocycles. The van der Waals surface area contributed by atoms with Crippen molar-refractivity contribution in [1.82, 2.24) is 4.98 Å². The van der Waals surface area contributed by atoms with Crippen LogP contribution in [0.5, 0.6) is 5.75 Å². The molecule has 0 spiro atoms. The number of benzene rings is 1. The third kappa shape index (κ3) is 3.55. The van der Waals surface area contributed by atoms with Crippen LogP contribution < -0.4 is 4.74 Å². The van der Waals surface area contributed by atoms with Crippen molar-refractivity contribution in [3.05, 3.63) is 58.4 Å². The van der Waals surface area contributed by atoms with Crippen LogP contribution in [0.25, 0.3) is 6.08 Å². The molecule has 0 fully saturated rings. The number of hydrogen-bond acceptors (Lipinski definition) is 4. The molecule has 0 saturated carbocycles. The van der Waals surface area contributed by atoms with Crippen LogP contribution in [0.1, 0.15) is 22.4 Å². The van der Waals surface area contributed by atoms with Gasteiger partial charge < -0.3 is 9.84 Å². The number of ether oxygens (including phenoxy) is 1. The van der Waals surface area contributed by atoms with Crippen molar-refractivity contribution in [3.8, 4) is 5.75 Å². The zero-order valence-electron chi connectivity index (χ0n) is 13.5. The number of pyridine rings is 1. The molecule has 1 aromatic heterocycles. The van der Waals surface area contributed by atoms with Gasteiger partial charge in [-0.25, -0.2) is 4.79 Å². The Kier molecular flexibility index (Phi) is 4.70. The van der Waals surface area contributed by atoms with E-state index in [1.165, 1.54) is 6.07 Å². The first kappa shape index (κ1) is 18.3. The summed E-state index contributed by atoms with van der Waals surface area (Å²) in [5, 5.41) is 9.13. The number of aromatic nitrogens is 1. The second kappa shape index (κ2) is 6.68. The highest BCUT2D eigenvalue weighted by molar-refractivity contribution is 7.80. The van der Waals surface area contributed by atoms with Gasteiger partial charge in [-0.2, -0.15) is 13.2 Å². The molecule has 0 aliphatic carbocycles. The smallest absolute Gasteiger partial charge is 0.430 e. The summed E-state index contributed by atoms with van der Waals surface area (Å²) in [6, 6.07) is 6.69. The van der Waals surface area contributed by atoms with E-state index in [4.69, 9.17) is 9.84 Å². The summed E-state index contributed by atoms with van der Waals surface area (Å²) in [5.41, 5.74) is 1.43. The number of rotatable bonds is 3. The Hall–Kier alpha value is -2.48. The number of aryl methyl sites for hydroxylation is 1. The predicted molar refractivity (Wildman–Crippen MR) is 91.6 cm³/mol. The summed E-state index contributed by atoms with van der Waals surface area (Å²) >= 11 is 4.27. The van der Waals surface area contributed by atoms with Gasteiger partial charge in [-0.3, -0.25) is 4.98 Å². The summed E-state index contributed by atoms with van der Waals surface area (Å²) in [4.78, 5) is 16.0. The SMILES string of the molecule is Cc1cccnc1Cc1cc(S)cc2c1OC(C(F)(F)F)C(C(=O)O)=C2. The Morgan fingerprint density at radius 3 is 2.73 bits per heavy atom. The molecule has 1 atom stereocenters. The maximum Gasteiger partial charge on any atom is 0.430 e. The monoisotopic (exact) mass is 381 g/mol. The van der Waals surface area contributed by atoms with Crippen LogP contribution >= 0.6 is 12.6 Å². The van der Waals surface area contributed by atoms with Gasteiger partial charge in [-0.15, -0.1) is 12.6 Å². The normalized spacial score (nSPS) is 16.5. The summed E-state index contributed by atoms with van der Waals surface area (Å²) in [7, 11) is 0. The topological polar surface area (TPSA) is 59.4 Å². The average molecular weight is 381 g/mol. The van der Waals surface area contributed by atoms with Crippen LogP contribution in [-0.4, -0.2) is 28.3 Å². The van der Waals surface area contributed by atoms with Crippen LogP contribution in [0.2, 0.25) is 0 Å². The standard InChI is InChI=1S/C18H14F3NO3S/c1-9-3-2-4-22-14(9)8-11-6-12(26)5-10-7-13(17(23)24)16(18(19,20)21)25-15(10)11/h2-7,16,26H,8H2,1H3,(H,23,24). The Morgan fingerprint density at radius 1 is 1.38 bits per heavy atom. The largest absolute Gasteiger partial charge is 0.478 e. The number of aliphatic carboxylic acids is 1. The third-order valence-corrected chi connectivity index (χ3v) is 4.29. The van der Waals surface area contributed by atoms with Crippen molar-refractivity contribution in [2.45, 2.75) is 30.5 Å². The molecular formula is C18H14F3NO3S. The van der Waals surface area contributed by atoms with Crippen LogP contribution in [-0.2, 0) is 11.2 Å². The fourth-order valence-electron chi connectivity index (χ4n) is 2.80. The summed E-state index contributed by atoms with van der Waals surface area (Å²) in [5.74, 6) is -1.68. The number of hydrogen-bond donors (Lipinski definition) is 2. The predicted octanol–water partition coefficient (Wildman–Crippen LogP) is 4.06. The molecule has 136 valence electrons. The van der Waals surface area contributed by atoms with E-state index in [2.05, 4.69) is 17.6 Å². The minimum absolute atomic E-state index is 0.000165. The third-order valence-electron chi connectivity index (χ3n) is 4.03. The van der Waals surface area contributed by atoms with Gasteiger partial charge in [0.1, 0.15) is 5.75 Å². The molecule has 1 aromatic carbocycles. The van der Waals surface area contributed by atoms with Gasteiger partial charge in [-0.1, -0.05) is 6.07 Å². The molecule has 1 aliphatic rings. The second-order valence-corrected chi connectivity index (χ2v) is 6.43. The second-order valence-electron chi connectivity index (χ2n) is 5.91. The van der Waals surface area contributed by atoms with Crippen LogP contribution in [0.3, 0.4) is 0 Å². The first-order chi connectivity index (χ1) is 12.2. The summed E-state index contributed by atoms with van der Waals surface area (Å²) < 4.78 is 45.0. The number of halogens is 3. The average Bonchev–Trinajstić information content (AvgIpc) is 2.54. The highest BCUT2D eigenvalue weighted by Crippen LogP contribution is 2.40. The lowest BCUT2D eigenvalue weighted by molar-refractivity contribution is -0.187. The van der Waals surface area contributed by atoms with E-state index >= 15 is 0 Å². The zero-order valence-corrected chi connectivity index (χ0v) is 14.4. The van der Waals surface area contributed by atoms with Crippen molar-refractivity contribution < 1.29 is 27.8 Å². The maximum atomic E-state index is 13.3. The van der Waals surface area contributed by atoms with Crippen LogP contribution in [0.15, 0.2) is 40.9 Å². The Labute approximate surface area is 152 Å². The molecule has 4 nitrogen and oxygen atoms in total. The van der Waals surface area contributed by atoms with E-state index in [0.29, 0.717) is 16.2 Å². The van der Waals surface area contributed by atoms with E-state index in [1.807, 2.05) is 13.0 Å². The number of thiol groups is 1. The lowest BCUT2D eigenvalue weighted by Crippen LogP contribution is -2.40. The van der Waals surface area contributed by atoms with E-state index < -0.39 is 23.8 Å². The van der Waals surface area contributed by atoms with E-state index in [0.717, 1.165) is 11.6 Å². The van der Waals surface area contributed by atoms with E-state index in [9.17, 15) is 18.0 Å². The van der Waals surface area contributed by atoms with E-state index in [1.54, 1.807) is 18.3 Å². The van der Waals surface area contributed by atoms with Gasteiger partial charge in [-0.05, 0) is 36.8 Å². The lowest BCUT2D eigenvalue weighted by Gasteiger charge is -2.28. The van der Waals surface area contributed by atoms with E-state index in [-0.39, 0.29) is 17.7 Å². The molecule has 0 amide bonds. The molecule has 1 N–H and O–H groups in total. The fourth-order valence-corrected chi connectivity index (χ4v) is 3.10. The van der Waals surface area contributed by atoms with Crippen LogP contribution in [0, 0.1) is 6.92 Å². The zero-order chi connectivity index (χ0) is 19.1. The van der Waals surface area contributed by atoms with Gasteiger partial charge in [0, 0.05) is 34.3 Å². The molecular weight excluding hydrogens is 367 g/mol. The molecule has 26 heavy (non-hydrogen) atoms. The molecule has 0 bridgehead atoms. The Morgan fingerprint density at radius 2 is 2.12 bits per heavy atom. The Bertz CT molecular complexity index is 909. The minimum Gasteiger partial charge on any atom is -0.478 e. The van der Waals surface area contributed by atoms with Crippen molar-refractivity contribution in [3.63, 3.8) is 0 Å². The van der Waals surface area contributed by atoms with Gasteiger partial charge in [0.05, 0.1) is 5.57 Å². The van der Waals surface area contributed by atoms with Gasteiger partial charge in [0.25, 0.3) is 0 Å². The highest BCUT2D eigenvalue weighted by Gasteiger charge is 2.48. The minimum atomic E-state index is -4.85. The first-order valence-corrected chi connectivity index (χ1v) is 8.06. The summed E-state index contributed by atoms with van der Waals surface area (Å²) in [6.07, 6.45) is -4.54.